The molecule has 1 heteroatoms. The molecule has 1 aromatic rings. The molecule has 2 rings (SSSR count). The van der Waals surface area contributed by atoms with E-state index in [9.17, 15) is 0 Å². The largest absolute Gasteiger partial charge is 0.123 e. The summed E-state index contributed by atoms with van der Waals surface area (Å²) in [6, 6.07) is 9.07. The van der Waals surface area contributed by atoms with Crippen molar-refractivity contribution >= 4 is 11.6 Å². The fourth-order valence-corrected chi connectivity index (χ4v) is 3.04. The van der Waals surface area contributed by atoms with Crippen LogP contribution in [0.25, 0.3) is 0 Å². The number of alkyl halides is 1. The van der Waals surface area contributed by atoms with Crippen LogP contribution in [0.2, 0.25) is 0 Å². The lowest BCUT2D eigenvalue weighted by atomic mass is 9.90. The molecule has 1 aliphatic carbocycles. The Morgan fingerprint density at radius 2 is 2.06 bits per heavy atom. The van der Waals surface area contributed by atoms with Crippen molar-refractivity contribution in [1.29, 1.82) is 0 Å². The first-order valence-electron chi connectivity index (χ1n) is 6.52. The Balaban J connectivity index is 2.14. The summed E-state index contributed by atoms with van der Waals surface area (Å²) in [5.74, 6) is 0.691. The van der Waals surface area contributed by atoms with Gasteiger partial charge in [0.1, 0.15) is 0 Å². The van der Waals surface area contributed by atoms with Crippen molar-refractivity contribution in [3.8, 4) is 0 Å². The molecule has 1 fully saturated rings. The molecule has 0 radical (unpaired) electrons. The third-order valence-corrected chi connectivity index (χ3v) is 4.09. The van der Waals surface area contributed by atoms with Crippen molar-refractivity contribution in [2.75, 3.05) is 0 Å². The summed E-state index contributed by atoms with van der Waals surface area (Å²) in [5, 5.41) is 0.387. The zero-order chi connectivity index (χ0) is 11.4. The number of aryl methyl sites for hydroxylation is 1. The Kier molecular flexibility index (Phi) is 4.29. The normalized spacial score (nSPS) is 26.4. The standard InChI is InChI=1S/C15H21Cl/c1-2-12-6-5-8-13(10-12)14-7-3-4-9-15(16)11-14/h5-6,8,10,14-15H,2-4,7,9,11H2,1H3. The Hall–Kier alpha value is -0.490. The lowest BCUT2D eigenvalue weighted by Crippen LogP contribution is -2.04. The summed E-state index contributed by atoms with van der Waals surface area (Å²) < 4.78 is 0. The molecule has 0 heterocycles. The molecule has 2 unspecified atom stereocenters. The highest BCUT2D eigenvalue weighted by molar-refractivity contribution is 6.20. The van der Waals surface area contributed by atoms with Crippen molar-refractivity contribution < 1.29 is 0 Å². The van der Waals surface area contributed by atoms with Crippen LogP contribution in [-0.4, -0.2) is 5.38 Å². The molecule has 1 aromatic carbocycles. The van der Waals surface area contributed by atoms with Gasteiger partial charge in [-0.2, -0.15) is 0 Å². The van der Waals surface area contributed by atoms with Crippen molar-refractivity contribution in [1.82, 2.24) is 0 Å². The fourth-order valence-electron chi connectivity index (χ4n) is 2.67. The van der Waals surface area contributed by atoms with Gasteiger partial charge < -0.3 is 0 Å². The summed E-state index contributed by atoms with van der Waals surface area (Å²) in [5.41, 5.74) is 2.96. The minimum atomic E-state index is 0.387. The van der Waals surface area contributed by atoms with Gasteiger partial charge in [-0.25, -0.2) is 0 Å². The molecule has 2 atom stereocenters. The van der Waals surface area contributed by atoms with Gasteiger partial charge in [0, 0.05) is 5.38 Å². The lowest BCUT2D eigenvalue weighted by molar-refractivity contribution is 0.595. The highest BCUT2D eigenvalue weighted by atomic mass is 35.5. The maximum Gasteiger partial charge on any atom is 0.0341 e. The molecule has 0 saturated heterocycles. The number of benzene rings is 1. The van der Waals surface area contributed by atoms with Crippen LogP contribution in [0.1, 0.15) is 56.1 Å². The number of rotatable bonds is 2. The van der Waals surface area contributed by atoms with E-state index in [1.54, 1.807) is 0 Å². The molecule has 0 amide bonds. The van der Waals surface area contributed by atoms with Gasteiger partial charge in [0.25, 0.3) is 0 Å². The summed E-state index contributed by atoms with van der Waals surface area (Å²) >= 11 is 6.34. The van der Waals surface area contributed by atoms with Crippen LogP contribution >= 0.6 is 11.6 Å². The second kappa shape index (κ2) is 5.72. The Morgan fingerprint density at radius 1 is 1.25 bits per heavy atom. The van der Waals surface area contributed by atoms with E-state index in [1.807, 2.05) is 0 Å². The van der Waals surface area contributed by atoms with Gasteiger partial charge in [-0.1, -0.05) is 44.0 Å². The van der Waals surface area contributed by atoms with Crippen molar-refractivity contribution in [2.24, 2.45) is 0 Å². The second-order valence-corrected chi connectivity index (χ2v) is 5.53. The van der Waals surface area contributed by atoms with Crippen molar-refractivity contribution in [3.05, 3.63) is 35.4 Å². The first kappa shape index (κ1) is 12.0. The Morgan fingerprint density at radius 3 is 2.88 bits per heavy atom. The van der Waals surface area contributed by atoms with E-state index in [4.69, 9.17) is 11.6 Å². The molecule has 0 aliphatic heterocycles. The van der Waals surface area contributed by atoms with Gasteiger partial charge in [0.05, 0.1) is 0 Å². The van der Waals surface area contributed by atoms with Gasteiger partial charge in [0.15, 0.2) is 0 Å². The molecule has 0 nitrogen and oxygen atoms in total. The minimum Gasteiger partial charge on any atom is -0.123 e. The molecule has 16 heavy (non-hydrogen) atoms. The quantitative estimate of drug-likeness (QED) is 0.506. The molecule has 0 aromatic heterocycles. The molecule has 1 aliphatic rings. The average Bonchev–Trinajstić information content (AvgIpc) is 2.54. The summed E-state index contributed by atoms with van der Waals surface area (Å²) in [6.07, 6.45) is 7.45. The maximum atomic E-state index is 6.34. The zero-order valence-electron chi connectivity index (χ0n) is 10.1. The van der Waals surface area contributed by atoms with Crippen molar-refractivity contribution in [3.63, 3.8) is 0 Å². The smallest absolute Gasteiger partial charge is 0.0341 e. The minimum absolute atomic E-state index is 0.387. The van der Waals surface area contributed by atoms with E-state index in [2.05, 4.69) is 31.2 Å². The van der Waals surface area contributed by atoms with Gasteiger partial charge in [-0.05, 0) is 42.7 Å². The highest BCUT2D eigenvalue weighted by Gasteiger charge is 2.19. The zero-order valence-corrected chi connectivity index (χ0v) is 10.8. The molecule has 1 saturated carbocycles. The highest BCUT2D eigenvalue weighted by Crippen LogP contribution is 2.34. The average molecular weight is 237 g/mol. The number of halogens is 1. The second-order valence-electron chi connectivity index (χ2n) is 4.91. The number of hydrogen-bond acceptors (Lipinski definition) is 0. The first-order valence-corrected chi connectivity index (χ1v) is 6.96. The maximum absolute atomic E-state index is 6.34. The third-order valence-electron chi connectivity index (χ3n) is 3.69. The monoisotopic (exact) mass is 236 g/mol. The van der Waals surface area contributed by atoms with E-state index in [0.717, 1.165) is 12.8 Å². The van der Waals surface area contributed by atoms with Crippen LogP contribution < -0.4 is 0 Å². The van der Waals surface area contributed by atoms with Crippen molar-refractivity contribution in [2.45, 2.75) is 56.7 Å². The Bertz CT molecular complexity index is 332. The van der Waals surface area contributed by atoms with E-state index < -0.39 is 0 Å². The number of hydrogen-bond donors (Lipinski definition) is 0. The molecular weight excluding hydrogens is 216 g/mol. The molecule has 0 N–H and O–H groups in total. The summed E-state index contributed by atoms with van der Waals surface area (Å²) in [7, 11) is 0. The predicted octanol–water partition coefficient (Wildman–Crippen LogP) is 4.90. The van der Waals surface area contributed by atoms with Gasteiger partial charge in [-0.3, -0.25) is 0 Å². The predicted molar refractivity (Wildman–Crippen MR) is 71.3 cm³/mol. The van der Waals surface area contributed by atoms with E-state index in [1.165, 1.54) is 36.8 Å². The summed E-state index contributed by atoms with van der Waals surface area (Å²) in [4.78, 5) is 0. The molecule has 0 bridgehead atoms. The summed E-state index contributed by atoms with van der Waals surface area (Å²) in [6.45, 7) is 2.22. The van der Waals surface area contributed by atoms with Crippen LogP contribution in [-0.2, 0) is 6.42 Å². The van der Waals surface area contributed by atoms with Crippen LogP contribution in [0.15, 0.2) is 24.3 Å². The van der Waals surface area contributed by atoms with Crippen LogP contribution in [0.5, 0.6) is 0 Å². The van der Waals surface area contributed by atoms with E-state index in [0.29, 0.717) is 11.3 Å². The van der Waals surface area contributed by atoms with Gasteiger partial charge in [0.2, 0.25) is 0 Å². The topological polar surface area (TPSA) is 0 Å². The Labute approximate surface area is 104 Å². The SMILES string of the molecule is CCc1cccc(C2CCCCC(Cl)C2)c1. The van der Waals surface area contributed by atoms with E-state index >= 15 is 0 Å². The van der Waals surface area contributed by atoms with Crippen LogP contribution in [0.4, 0.5) is 0 Å². The van der Waals surface area contributed by atoms with Crippen LogP contribution in [0, 0.1) is 0 Å². The third kappa shape index (κ3) is 3.01. The molecular formula is C15H21Cl. The van der Waals surface area contributed by atoms with E-state index in [-0.39, 0.29) is 0 Å². The van der Waals surface area contributed by atoms with Crippen LogP contribution in [0.3, 0.4) is 0 Å². The van der Waals surface area contributed by atoms with Gasteiger partial charge >= 0.3 is 0 Å². The molecule has 0 spiro atoms. The molecule has 88 valence electrons. The first-order chi connectivity index (χ1) is 7.79. The fraction of sp³-hybridized carbons (Fsp3) is 0.600. The lowest BCUT2D eigenvalue weighted by Gasteiger charge is -2.17. The van der Waals surface area contributed by atoms with Gasteiger partial charge in [-0.15, -0.1) is 11.6 Å².